The van der Waals surface area contributed by atoms with E-state index in [4.69, 9.17) is 4.42 Å². The van der Waals surface area contributed by atoms with Crippen LogP contribution in [-0.4, -0.2) is 41.0 Å². The first-order valence-corrected chi connectivity index (χ1v) is 8.69. The Labute approximate surface area is 133 Å². The van der Waals surface area contributed by atoms with Crippen molar-refractivity contribution in [1.29, 1.82) is 0 Å². The quantitative estimate of drug-likeness (QED) is 0.944. The summed E-state index contributed by atoms with van der Waals surface area (Å²) in [6, 6.07) is 4.69. The van der Waals surface area contributed by atoms with Gasteiger partial charge >= 0.3 is 0 Å². The summed E-state index contributed by atoms with van der Waals surface area (Å²) in [4.78, 5) is 20.3. The molecule has 2 atom stereocenters. The number of oxazole rings is 1. The maximum Gasteiger partial charge on any atom is 0.236 e. The third-order valence-electron chi connectivity index (χ3n) is 4.56. The molecule has 0 aromatic carbocycles. The standard InChI is InChI=1S/C16H19N3O2S/c20-15(19-12-3-4-13(19)9-17-6-5-12)8-11-10-21-16(18-11)14-2-1-7-22-14/h1-2,7,10,12-13,17H,3-6,8-9H2. The second-order valence-electron chi connectivity index (χ2n) is 5.98. The molecule has 2 bridgehead atoms. The summed E-state index contributed by atoms with van der Waals surface area (Å²) in [7, 11) is 0. The van der Waals surface area contributed by atoms with Gasteiger partial charge in [-0.15, -0.1) is 11.3 Å². The van der Waals surface area contributed by atoms with Crippen LogP contribution >= 0.6 is 11.3 Å². The van der Waals surface area contributed by atoms with Crippen LogP contribution in [0.4, 0.5) is 0 Å². The zero-order chi connectivity index (χ0) is 14.9. The Morgan fingerprint density at radius 1 is 1.41 bits per heavy atom. The van der Waals surface area contributed by atoms with Crippen molar-refractivity contribution >= 4 is 17.2 Å². The number of fused-ring (bicyclic) bond motifs is 2. The molecule has 2 aromatic rings. The molecule has 2 saturated heterocycles. The summed E-state index contributed by atoms with van der Waals surface area (Å²) in [6.07, 6.45) is 5.26. The highest BCUT2D eigenvalue weighted by molar-refractivity contribution is 7.13. The van der Waals surface area contributed by atoms with Crippen LogP contribution in [0.25, 0.3) is 10.8 Å². The van der Waals surface area contributed by atoms with E-state index in [0.717, 1.165) is 42.9 Å². The molecule has 1 N–H and O–H groups in total. The molecule has 2 aromatic heterocycles. The summed E-state index contributed by atoms with van der Waals surface area (Å²) >= 11 is 1.59. The molecule has 4 heterocycles. The number of amides is 1. The van der Waals surface area contributed by atoms with E-state index in [1.807, 2.05) is 17.5 Å². The molecular formula is C16H19N3O2S. The summed E-state index contributed by atoms with van der Waals surface area (Å²) in [5.41, 5.74) is 0.727. The molecular weight excluding hydrogens is 298 g/mol. The van der Waals surface area contributed by atoms with Gasteiger partial charge in [0.05, 0.1) is 17.0 Å². The molecule has 22 heavy (non-hydrogen) atoms. The van der Waals surface area contributed by atoms with Gasteiger partial charge in [0.2, 0.25) is 11.8 Å². The Balaban J connectivity index is 1.48. The average molecular weight is 317 g/mol. The molecule has 0 spiro atoms. The fourth-order valence-corrected chi connectivity index (χ4v) is 4.19. The van der Waals surface area contributed by atoms with Gasteiger partial charge in [-0.2, -0.15) is 0 Å². The second kappa shape index (κ2) is 5.85. The lowest BCUT2D eigenvalue weighted by Crippen LogP contribution is -2.43. The van der Waals surface area contributed by atoms with Crippen molar-refractivity contribution in [2.75, 3.05) is 13.1 Å². The van der Waals surface area contributed by atoms with Crippen molar-refractivity contribution in [2.24, 2.45) is 0 Å². The molecule has 5 nitrogen and oxygen atoms in total. The number of hydrogen-bond acceptors (Lipinski definition) is 5. The van der Waals surface area contributed by atoms with E-state index in [2.05, 4.69) is 15.2 Å². The highest BCUT2D eigenvalue weighted by atomic mass is 32.1. The number of thiophene rings is 1. The first kappa shape index (κ1) is 14.0. The number of rotatable bonds is 3. The zero-order valence-electron chi connectivity index (χ0n) is 12.3. The van der Waals surface area contributed by atoms with Crippen molar-refractivity contribution in [3.8, 4) is 10.8 Å². The molecule has 2 aliphatic heterocycles. The van der Waals surface area contributed by atoms with Crippen LogP contribution in [0.15, 0.2) is 28.2 Å². The monoisotopic (exact) mass is 317 g/mol. The zero-order valence-corrected chi connectivity index (χ0v) is 13.1. The van der Waals surface area contributed by atoms with Gasteiger partial charge in [0.25, 0.3) is 0 Å². The lowest BCUT2D eigenvalue weighted by Gasteiger charge is -2.27. The third-order valence-corrected chi connectivity index (χ3v) is 5.42. The minimum Gasteiger partial charge on any atom is -0.444 e. The lowest BCUT2D eigenvalue weighted by molar-refractivity contribution is -0.133. The largest absolute Gasteiger partial charge is 0.444 e. The van der Waals surface area contributed by atoms with Crippen LogP contribution in [0.5, 0.6) is 0 Å². The van der Waals surface area contributed by atoms with Gasteiger partial charge in [-0.1, -0.05) is 6.07 Å². The molecule has 0 saturated carbocycles. The number of carbonyl (C=O) groups excluding carboxylic acids is 1. The molecule has 2 fully saturated rings. The number of hydrogen-bond donors (Lipinski definition) is 1. The van der Waals surface area contributed by atoms with Crippen molar-refractivity contribution in [2.45, 2.75) is 37.8 Å². The molecule has 0 radical (unpaired) electrons. The summed E-state index contributed by atoms with van der Waals surface area (Å²) < 4.78 is 5.51. The molecule has 2 unspecified atom stereocenters. The Bertz CT molecular complexity index is 638. The first-order valence-electron chi connectivity index (χ1n) is 7.81. The van der Waals surface area contributed by atoms with Gasteiger partial charge < -0.3 is 14.6 Å². The Hall–Kier alpha value is -1.66. The minimum absolute atomic E-state index is 0.183. The number of carbonyl (C=O) groups is 1. The summed E-state index contributed by atoms with van der Waals surface area (Å²) in [6.45, 7) is 1.93. The maximum absolute atomic E-state index is 12.7. The fraction of sp³-hybridized carbons (Fsp3) is 0.500. The SMILES string of the molecule is O=C(Cc1coc(-c2cccs2)n1)N1C2CCNCC1CC2. The number of nitrogens with one attached hydrogen (secondary N) is 1. The Morgan fingerprint density at radius 2 is 2.32 bits per heavy atom. The van der Waals surface area contributed by atoms with E-state index in [0.29, 0.717) is 24.4 Å². The third kappa shape index (κ3) is 2.57. The topological polar surface area (TPSA) is 58.4 Å². The van der Waals surface area contributed by atoms with Crippen molar-refractivity contribution in [3.63, 3.8) is 0 Å². The summed E-state index contributed by atoms with van der Waals surface area (Å²) in [5.74, 6) is 0.792. The fourth-order valence-electron chi connectivity index (χ4n) is 3.54. The predicted molar refractivity (Wildman–Crippen MR) is 84.7 cm³/mol. The van der Waals surface area contributed by atoms with Crippen molar-refractivity contribution in [3.05, 3.63) is 29.5 Å². The van der Waals surface area contributed by atoms with Gasteiger partial charge in [0.1, 0.15) is 6.26 Å². The van der Waals surface area contributed by atoms with E-state index >= 15 is 0 Å². The van der Waals surface area contributed by atoms with Crippen molar-refractivity contribution < 1.29 is 9.21 Å². The number of nitrogens with zero attached hydrogens (tertiary/aromatic N) is 2. The van der Waals surface area contributed by atoms with Crippen LogP contribution in [0, 0.1) is 0 Å². The smallest absolute Gasteiger partial charge is 0.236 e. The van der Waals surface area contributed by atoms with Gasteiger partial charge in [0, 0.05) is 18.6 Å². The molecule has 116 valence electrons. The lowest BCUT2D eigenvalue weighted by atomic mass is 10.1. The van der Waals surface area contributed by atoms with Crippen LogP contribution < -0.4 is 5.32 Å². The van der Waals surface area contributed by atoms with E-state index in [9.17, 15) is 4.79 Å². The molecule has 4 rings (SSSR count). The van der Waals surface area contributed by atoms with E-state index in [1.54, 1.807) is 17.6 Å². The van der Waals surface area contributed by atoms with Crippen LogP contribution in [0.3, 0.4) is 0 Å². The van der Waals surface area contributed by atoms with Gasteiger partial charge in [-0.25, -0.2) is 4.98 Å². The van der Waals surface area contributed by atoms with Crippen molar-refractivity contribution in [1.82, 2.24) is 15.2 Å². The van der Waals surface area contributed by atoms with E-state index in [-0.39, 0.29) is 5.91 Å². The second-order valence-corrected chi connectivity index (χ2v) is 6.92. The molecule has 6 heteroatoms. The van der Waals surface area contributed by atoms with E-state index < -0.39 is 0 Å². The van der Waals surface area contributed by atoms with Gasteiger partial charge in [-0.3, -0.25) is 4.79 Å². The van der Waals surface area contributed by atoms with E-state index in [1.165, 1.54) is 0 Å². The maximum atomic E-state index is 12.7. The first-order chi connectivity index (χ1) is 10.8. The van der Waals surface area contributed by atoms with Gasteiger partial charge in [-0.05, 0) is 37.3 Å². The molecule has 0 aliphatic carbocycles. The summed E-state index contributed by atoms with van der Waals surface area (Å²) in [5, 5.41) is 5.42. The highest BCUT2D eigenvalue weighted by Gasteiger charge is 2.37. The Morgan fingerprint density at radius 3 is 3.18 bits per heavy atom. The van der Waals surface area contributed by atoms with Gasteiger partial charge in [0.15, 0.2) is 0 Å². The minimum atomic E-state index is 0.183. The van der Waals surface area contributed by atoms with Crippen LogP contribution in [-0.2, 0) is 11.2 Å². The molecule has 1 amide bonds. The van der Waals surface area contributed by atoms with Crippen LogP contribution in [0.2, 0.25) is 0 Å². The number of aromatic nitrogens is 1. The normalized spacial score (nSPS) is 24.5. The predicted octanol–water partition coefficient (Wildman–Crippen LogP) is 2.30. The molecule has 2 aliphatic rings. The van der Waals surface area contributed by atoms with Crippen LogP contribution in [0.1, 0.15) is 25.0 Å². The average Bonchev–Trinajstić information content (AvgIpc) is 3.18. The Kier molecular flexibility index (Phi) is 3.72. The highest BCUT2D eigenvalue weighted by Crippen LogP contribution is 2.29.